The zero-order valence-electron chi connectivity index (χ0n) is 16.9. The number of ether oxygens (including phenoxy) is 1. The smallest absolute Gasteiger partial charge is 0.138 e. The third-order valence-electron chi connectivity index (χ3n) is 5.59. The number of rotatable bonds is 6. The Bertz CT molecular complexity index is 936. The molecule has 1 N–H and O–H groups in total. The quantitative estimate of drug-likeness (QED) is 0.613. The van der Waals surface area contributed by atoms with Gasteiger partial charge in [-0.05, 0) is 63.0 Å². The predicted octanol–water partition coefficient (Wildman–Crippen LogP) is 4.68. The van der Waals surface area contributed by atoms with E-state index in [1.165, 1.54) is 47.1 Å². The Morgan fingerprint density at radius 1 is 1.11 bits per heavy atom. The van der Waals surface area contributed by atoms with Gasteiger partial charge >= 0.3 is 0 Å². The zero-order valence-corrected chi connectivity index (χ0v) is 17.7. The molecule has 1 aliphatic carbocycles. The molecule has 0 bridgehead atoms. The minimum atomic E-state index is 0.244. The molecule has 6 heteroatoms. The largest absolute Gasteiger partial charge is 0.497 e. The molecule has 0 amide bonds. The van der Waals surface area contributed by atoms with Crippen LogP contribution in [-0.4, -0.2) is 42.6 Å². The first-order valence-electron chi connectivity index (χ1n) is 9.97. The molecule has 0 spiro atoms. The maximum absolute atomic E-state index is 5.30. The first-order valence-corrected chi connectivity index (χ1v) is 10.8. The molecule has 0 radical (unpaired) electrons. The number of anilines is 1. The molecule has 28 heavy (non-hydrogen) atoms. The Morgan fingerprint density at radius 2 is 1.89 bits per heavy atom. The number of benzene rings is 1. The van der Waals surface area contributed by atoms with E-state index in [4.69, 9.17) is 4.74 Å². The number of hydrogen-bond acceptors (Lipinski definition) is 6. The molecular formula is C22H28N4OS. The second kappa shape index (κ2) is 8.45. The van der Waals surface area contributed by atoms with Crippen LogP contribution in [0.2, 0.25) is 0 Å². The van der Waals surface area contributed by atoms with Gasteiger partial charge in [0.05, 0.1) is 18.5 Å². The number of fused-ring (bicyclic) bond motifs is 3. The zero-order chi connectivity index (χ0) is 19.5. The maximum atomic E-state index is 5.30. The van der Waals surface area contributed by atoms with Crippen molar-refractivity contribution in [2.24, 2.45) is 0 Å². The van der Waals surface area contributed by atoms with Crippen LogP contribution in [0, 0.1) is 0 Å². The third-order valence-corrected chi connectivity index (χ3v) is 6.79. The van der Waals surface area contributed by atoms with Crippen LogP contribution < -0.4 is 10.1 Å². The summed E-state index contributed by atoms with van der Waals surface area (Å²) in [5.41, 5.74) is 2.74. The Hall–Kier alpha value is -2.18. The average molecular weight is 397 g/mol. The van der Waals surface area contributed by atoms with E-state index >= 15 is 0 Å². The van der Waals surface area contributed by atoms with Gasteiger partial charge in [0.15, 0.2) is 0 Å². The van der Waals surface area contributed by atoms with Crippen molar-refractivity contribution in [3.05, 3.63) is 46.6 Å². The van der Waals surface area contributed by atoms with Crippen molar-refractivity contribution in [1.82, 2.24) is 14.9 Å². The SMILES string of the molecule is COc1ccc([C@H](CNc2ncnc3sc4c(c23)CCCCC4)N(C)C)cc1. The van der Waals surface area contributed by atoms with E-state index in [0.717, 1.165) is 29.4 Å². The standard InChI is InChI=1S/C22H28N4OS/c1-26(2)18(15-9-11-16(27-3)12-10-15)13-23-21-20-17-7-5-4-6-8-19(17)28-22(20)25-14-24-21/h9-12,14,18H,4-8,13H2,1-3H3,(H,23,24,25)/t18-/m0/s1. The maximum Gasteiger partial charge on any atom is 0.138 e. The number of methoxy groups -OCH3 is 1. The molecule has 148 valence electrons. The van der Waals surface area contributed by atoms with Crippen LogP contribution in [0.5, 0.6) is 5.75 Å². The van der Waals surface area contributed by atoms with Crippen LogP contribution in [0.1, 0.15) is 41.3 Å². The second-order valence-electron chi connectivity index (χ2n) is 7.60. The molecule has 1 atom stereocenters. The molecule has 0 saturated heterocycles. The molecular weight excluding hydrogens is 368 g/mol. The monoisotopic (exact) mass is 396 g/mol. The number of nitrogens with one attached hydrogen (secondary N) is 1. The van der Waals surface area contributed by atoms with E-state index in [9.17, 15) is 0 Å². The van der Waals surface area contributed by atoms with Gasteiger partial charge in [-0.15, -0.1) is 11.3 Å². The van der Waals surface area contributed by atoms with Gasteiger partial charge in [0.2, 0.25) is 0 Å². The van der Waals surface area contributed by atoms with Gasteiger partial charge in [-0.25, -0.2) is 9.97 Å². The fourth-order valence-electron chi connectivity index (χ4n) is 4.02. The summed E-state index contributed by atoms with van der Waals surface area (Å²) in [4.78, 5) is 14.0. The summed E-state index contributed by atoms with van der Waals surface area (Å²) in [6.07, 6.45) is 7.89. The summed E-state index contributed by atoms with van der Waals surface area (Å²) in [6.45, 7) is 0.788. The Labute approximate surface area is 170 Å². The predicted molar refractivity (Wildman–Crippen MR) is 117 cm³/mol. The summed E-state index contributed by atoms with van der Waals surface area (Å²) in [6, 6.07) is 8.56. The van der Waals surface area contributed by atoms with Crippen LogP contribution >= 0.6 is 11.3 Å². The van der Waals surface area contributed by atoms with Gasteiger partial charge in [0, 0.05) is 11.4 Å². The molecule has 5 nitrogen and oxygen atoms in total. The highest BCUT2D eigenvalue weighted by molar-refractivity contribution is 7.18. The normalized spacial score (nSPS) is 15.3. The van der Waals surface area contributed by atoms with Gasteiger partial charge in [0.25, 0.3) is 0 Å². The first-order chi connectivity index (χ1) is 13.7. The van der Waals surface area contributed by atoms with E-state index < -0.39 is 0 Å². The highest BCUT2D eigenvalue weighted by Crippen LogP contribution is 2.37. The fraction of sp³-hybridized carbons (Fsp3) is 0.455. The van der Waals surface area contributed by atoms with Crippen LogP contribution in [0.3, 0.4) is 0 Å². The van der Waals surface area contributed by atoms with Crippen molar-refractivity contribution in [1.29, 1.82) is 0 Å². The molecule has 3 aromatic rings. The van der Waals surface area contributed by atoms with E-state index in [1.807, 2.05) is 23.5 Å². The van der Waals surface area contributed by atoms with Crippen LogP contribution in [-0.2, 0) is 12.8 Å². The first kappa shape index (κ1) is 19.2. The summed E-state index contributed by atoms with van der Waals surface area (Å²) in [5, 5.41) is 4.88. The van der Waals surface area contributed by atoms with Gasteiger partial charge in [-0.2, -0.15) is 0 Å². The van der Waals surface area contributed by atoms with Crippen molar-refractivity contribution in [3.63, 3.8) is 0 Å². The van der Waals surface area contributed by atoms with E-state index in [0.29, 0.717) is 0 Å². The molecule has 1 aromatic carbocycles. The Morgan fingerprint density at radius 3 is 2.64 bits per heavy atom. The minimum Gasteiger partial charge on any atom is -0.497 e. The number of thiophene rings is 1. The lowest BCUT2D eigenvalue weighted by Crippen LogP contribution is -2.27. The minimum absolute atomic E-state index is 0.244. The summed E-state index contributed by atoms with van der Waals surface area (Å²) in [5.74, 6) is 1.86. The van der Waals surface area contributed by atoms with Gasteiger partial charge in [-0.1, -0.05) is 18.6 Å². The Balaban J connectivity index is 1.60. The van der Waals surface area contributed by atoms with Gasteiger partial charge < -0.3 is 15.0 Å². The van der Waals surface area contributed by atoms with Crippen LogP contribution in [0.25, 0.3) is 10.2 Å². The molecule has 2 heterocycles. The third kappa shape index (κ3) is 3.84. The molecule has 0 fully saturated rings. The van der Waals surface area contributed by atoms with Crippen LogP contribution in [0.4, 0.5) is 5.82 Å². The average Bonchev–Trinajstić information content (AvgIpc) is 2.90. The molecule has 0 aliphatic heterocycles. The topological polar surface area (TPSA) is 50.3 Å². The van der Waals surface area contributed by atoms with Crippen molar-refractivity contribution >= 4 is 27.4 Å². The highest BCUT2D eigenvalue weighted by Gasteiger charge is 2.20. The van der Waals surface area contributed by atoms with Gasteiger partial charge in [0.1, 0.15) is 22.7 Å². The molecule has 1 aliphatic rings. The van der Waals surface area contributed by atoms with Crippen molar-refractivity contribution < 1.29 is 4.74 Å². The molecule has 2 aromatic heterocycles. The highest BCUT2D eigenvalue weighted by atomic mass is 32.1. The fourth-order valence-corrected chi connectivity index (χ4v) is 5.25. The van der Waals surface area contributed by atoms with E-state index in [-0.39, 0.29) is 6.04 Å². The lowest BCUT2D eigenvalue weighted by atomic mass is 10.1. The van der Waals surface area contributed by atoms with Crippen molar-refractivity contribution in [2.45, 2.75) is 38.1 Å². The lowest BCUT2D eigenvalue weighted by molar-refractivity contribution is 0.311. The number of aromatic nitrogens is 2. The van der Waals surface area contributed by atoms with E-state index in [2.05, 4.69) is 46.4 Å². The summed E-state index contributed by atoms with van der Waals surface area (Å²) >= 11 is 1.85. The number of aryl methyl sites for hydroxylation is 2. The van der Waals surface area contributed by atoms with Crippen molar-refractivity contribution in [2.75, 3.05) is 33.1 Å². The Kier molecular flexibility index (Phi) is 5.78. The number of hydrogen-bond donors (Lipinski definition) is 1. The van der Waals surface area contributed by atoms with E-state index in [1.54, 1.807) is 13.4 Å². The molecule has 4 rings (SSSR count). The lowest BCUT2D eigenvalue weighted by Gasteiger charge is -2.25. The molecule has 0 saturated carbocycles. The van der Waals surface area contributed by atoms with Gasteiger partial charge in [-0.3, -0.25) is 0 Å². The van der Waals surface area contributed by atoms with Crippen LogP contribution in [0.15, 0.2) is 30.6 Å². The summed E-state index contributed by atoms with van der Waals surface area (Å²) in [7, 11) is 5.93. The second-order valence-corrected chi connectivity index (χ2v) is 8.68. The van der Waals surface area contributed by atoms with Crippen molar-refractivity contribution in [3.8, 4) is 5.75 Å². The number of likely N-dealkylation sites (N-methyl/N-ethyl adjacent to an activating group) is 1. The number of nitrogens with zero attached hydrogens (tertiary/aromatic N) is 3. The molecule has 0 unspecified atom stereocenters. The summed E-state index contributed by atoms with van der Waals surface area (Å²) < 4.78 is 5.30.